The van der Waals surface area contributed by atoms with E-state index in [-0.39, 0.29) is 0 Å². The molecule has 19 heavy (non-hydrogen) atoms. The summed E-state index contributed by atoms with van der Waals surface area (Å²) < 4.78 is 0. The monoisotopic (exact) mass is 261 g/mol. The molecule has 0 saturated carbocycles. The third kappa shape index (κ3) is 4.63. The lowest BCUT2D eigenvalue weighted by atomic mass is 10.1. The maximum Gasteiger partial charge on any atom is 0.338 e. The van der Waals surface area contributed by atoms with Crippen LogP contribution in [-0.4, -0.2) is 41.9 Å². The molecule has 6 nitrogen and oxygen atoms in total. The van der Waals surface area contributed by atoms with Crippen LogP contribution in [0.2, 0.25) is 0 Å². The van der Waals surface area contributed by atoms with Crippen molar-refractivity contribution in [1.82, 2.24) is 10.3 Å². The molecule has 0 atom stereocenters. The minimum Gasteiger partial charge on any atom is -0.480 e. The van der Waals surface area contributed by atoms with Crippen LogP contribution in [0.25, 0.3) is 6.08 Å². The second-order valence-electron chi connectivity index (χ2n) is 3.65. The van der Waals surface area contributed by atoms with E-state index in [4.69, 9.17) is 5.11 Å². The molecule has 0 aliphatic rings. The van der Waals surface area contributed by atoms with Crippen LogP contribution in [0.3, 0.4) is 0 Å². The van der Waals surface area contributed by atoms with E-state index in [9.17, 15) is 9.59 Å². The fraction of sp³-hybridized carbons (Fsp3) is 0.154. The molecule has 0 fully saturated rings. The molecular weight excluding hydrogens is 246 g/mol. The van der Waals surface area contributed by atoms with Crippen LogP contribution in [0.15, 0.2) is 35.9 Å². The molecule has 0 spiro atoms. The van der Waals surface area contributed by atoms with Gasteiger partial charge in [-0.05, 0) is 5.56 Å². The second kappa shape index (κ2) is 6.95. The Morgan fingerprint density at radius 3 is 2.63 bits per heavy atom. The molecule has 2 N–H and O–H groups in total. The Bertz CT molecular complexity index is 512. The van der Waals surface area contributed by atoms with E-state index in [0.29, 0.717) is 0 Å². The summed E-state index contributed by atoms with van der Waals surface area (Å²) in [6.07, 6.45) is 3.20. The molecule has 6 heteroatoms. The molecule has 0 aromatic heterocycles. The number of rotatable bonds is 5. The number of carboxylic acid groups (broad SMARTS) is 1. The number of hydrazone groups is 1. The van der Waals surface area contributed by atoms with Gasteiger partial charge in [0.25, 0.3) is 0 Å². The number of nitrogens with zero attached hydrogens (tertiary/aromatic N) is 2. The highest BCUT2D eigenvalue weighted by Crippen LogP contribution is 2.07. The summed E-state index contributed by atoms with van der Waals surface area (Å²) in [4.78, 5) is 21.7. The minimum absolute atomic E-state index is 0.443. The number of aliphatic carboxylic acids is 1. The van der Waals surface area contributed by atoms with Gasteiger partial charge in [-0.1, -0.05) is 36.9 Å². The van der Waals surface area contributed by atoms with Crippen LogP contribution in [0, 0.1) is 0 Å². The maximum atomic E-state index is 11.4. The SMILES string of the molecule is C=Cc1ccccc1C=NN(C)C(=O)NCC(=O)O. The van der Waals surface area contributed by atoms with Gasteiger partial charge in [-0.15, -0.1) is 0 Å². The number of hydrogen-bond donors (Lipinski definition) is 2. The summed E-state index contributed by atoms with van der Waals surface area (Å²) in [6.45, 7) is 3.24. The quantitative estimate of drug-likeness (QED) is 0.620. The molecule has 0 bridgehead atoms. The summed E-state index contributed by atoms with van der Waals surface area (Å²) in [5.41, 5.74) is 1.71. The van der Waals surface area contributed by atoms with Gasteiger partial charge in [0.05, 0.1) is 6.21 Å². The maximum absolute atomic E-state index is 11.4. The first kappa shape index (κ1) is 14.4. The van der Waals surface area contributed by atoms with Gasteiger partial charge in [-0.25, -0.2) is 9.80 Å². The van der Waals surface area contributed by atoms with Gasteiger partial charge in [-0.3, -0.25) is 4.79 Å². The van der Waals surface area contributed by atoms with E-state index in [1.54, 1.807) is 6.08 Å². The van der Waals surface area contributed by atoms with Crippen LogP contribution >= 0.6 is 0 Å². The number of carboxylic acids is 1. The zero-order chi connectivity index (χ0) is 14.3. The minimum atomic E-state index is -1.11. The summed E-state index contributed by atoms with van der Waals surface area (Å²) >= 11 is 0. The zero-order valence-electron chi connectivity index (χ0n) is 10.5. The number of hydrogen-bond acceptors (Lipinski definition) is 3. The Morgan fingerprint density at radius 2 is 2.05 bits per heavy atom. The summed E-state index contributed by atoms with van der Waals surface area (Å²) in [7, 11) is 1.43. The molecule has 0 unspecified atom stereocenters. The van der Waals surface area contributed by atoms with Crippen LogP contribution in [0.5, 0.6) is 0 Å². The molecule has 0 aliphatic heterocycles. The molecule has 0 radical (unpaired) electrons. The van der Waals surface area contributed by atoms with Gasteiger partial charge in [0.2, 0.25) is 0 Å². The Hall–Kier alpha value is -2.63. The van der Waals surface area contributed by atoms with E-state index < -0.39 is 18.5 Å². The number of urea groups is 1. The third-order valence-corrected chi connectivity index (χ3v) is 2.27. The van der Waals surface area contributed by atoms with E-state index >= 15 is 0 Å². The first-order valence-electron chi connectivity index (χ1n) is 5.53. The van der Waals surface area contributed by atoms with E-state index in [1.807, 2.05) is 24.3 Å². The number of nitrogens with one attached hydrogen (secondary N) is 1. The molecule has 0 heterocycles. The topological polar surface area (TPSA) is 82.0 Å². The molecule has 0 aliphatic carbocycles. The highest BCUT2D eigenvalue weighted by molar-refractivity contribution is 5.86. The second-order valence-corrected chi connectivity index (χ2v) is 3.65. The predicted octanol–water partition coefficient (Wildman–Crippen LogP) is 1.39. The largest absolute Gasteiger partial charge is 0.480 e. The van der Waals surface area contributed by atoms with Gasteiger partial charge in [0, 0.05) is 12.6 Å². The van der Waals surface area contributed by atoms with E-state index in [2.05, 4.69) is 17.0 Å². The fourth-order valence-corrected chi connectivity index (χ4v) is 1.28. The molecule has 1 aromatic carbocycles. The van der Waals surface area contributed by atoms with Crippen molar-refractivity contribution in [2.24, 2.45) is 5.10 Å². The van der Waals surface area contributed by atoms with Crippen molar-refractivity contribution in [1.29, 1.82) is 0 Å². The van der Waals surface area contributed by atoms with Crippen molar-refractivity contribution in [2.75, 3.05) is 13.6 Å². The number of carbonyl (C=O) groups is 2. The average Bonchev–Trinajstić information content (AvgIpc) is 2.42. The van der Waals surface area contributed by atoms with Gasteiger partial charge >= 0.3 is 12.0 Å². The van der Waals surface area contributed by atoms with Crippen LogP contribution < -0.4 is 5.32 Å². The molecule has 1 aromatic rings. The molecule has 2 amide bonds. The lowest BCUT2D eigenvalue weighted by Crippen LogP contribution is -2.37. The molecule has 100 valence electrons. The number of amides is 2. The number of carbonyl (C=O) groups excluding carboxylic acids is 1. The zero-order valence-corrected chi connectivity index (χ0v) is 10.5. The lowest BCUT2D eigenvalue weighted by Gasteiger charge is -2.11. The third-order valence-electron chi connectivity index (χ3n) is 2.27. The van der Waals surface area contributed by atoms with Crippen LogP contribution in [-0.2, 0) is 4.79 Å². The Labute approximate surface area is 111 Å². The molecule has 1 rings (SSSR count). The first-order valence-corrected chi connectivity index (χ1v) is 5.53. The van der Waals surface area contributed by atoms with E-state index in [0.717, 1.165) is 16.1 Å². The van der Waals surface area contributed by atoms with Crippen molar-refractivity contribution >= 4 is 24.3 Å². The fourth-order valence-electron chi connectivity index (χ4n) is 1.28. The van der Waals surface area contributed by atoms with Gasteiger partial charge in [-0.2, -0.15) is 5.10 Å². The highest BCUT2D eigenvalue weighted by atomic mass is 16.4. The summed E-state index contributed by atoms with van der Waals surface area (Å²) in [6, 6.07) is 6.84. The standard InChI is InChI=1S/C13H15N3O3/c1-3-10-6-4-5-7-11(10)8-15-16(2)13(19)14-9-12(17)18/h3-8H,1,9H2,2H3,(H,14,19)(H,17,18). The van der Waals surface area contributed by atoms with Crippen molar-refractivity contribution < 1.29 is 14.7 Å². The summed E-state index contributed by atoms with van der Waals surface area (Å²) in [5.74, 6) is -1.11. The van der Waals surface area contributed by atoms with Gasteiger partial charge in [0.1, 0.15) is 6.54 Å². The van der Waals surface area contributed by atoms with Gasteiger partial charge < -0.3 is 10.4 Å². The van der Waals surface area contributed by atoms with Crippen LogP contribution in [0.1, 0.15) is 11.1 Å². The summed E-state index contributed by atoms with van der Waals surface area (Å²) in [5, 5.41) is 15.6. The van der Waals surface area contributed by atoms with Crippen molar-refractivity contribution in [3.8, 4) is 0 Å². The normalized spacial score (nSPS) is 10.2. The van der Waals surface area contributed by atoms with Crippen molar-refractivity contribution in [3.05, 3.63) is 42.0 Å². The Balaban J connectivity index is 2.67. The average molecular weight is 261 g/mol. The van der Waals surface area contributed by atoms with Crippen molar-refractivity contribution in [3.63, 3.8) is 0 Å². The smallest absolute Gasteiger partial charge is 0.338 e. The lowest BCUT2D eigenvalue weighted by molar-refractivity contribution is -0.135. The number of benzene rings is 1. The molecule has 0 saturated heterocycles. The first-order chi connectivity index (χ1) is 9.04. The highest BCUT2D eigenvalue weighted by Gasteiger charge is 2.07. The van der Waals surface area contributed by atoms with Crippen molar-refractivity contribution in [2.45, 2.75) is 0 Å². The predicted molar refractivity (Wildman–Crippen MR) is 72.9 cm³/mol. The Morgan fingerprint density at radius 1 is 1.42 bits per heavy atom. The molecular formula is C13H15N3O3. The van der Waals surface area contributed by atoms with Crippen LogP contribution in [0.4, 0.5) is 4.79 Å². The Kier molecular flexibility index (Phi) is 5.28. The van der Waals surface area contributed by atoms with E-state index in [1.165, 1.54) is 13.3 Å². The van der Waals surface area contributed by atoms with Gasteiger partial charge in [0.15, 0.2) is 0 Å².